The number of rotatable bonds is 4. The van der Waals surface area contributed by atoms with Gasteiger partial charge in [0.15, 0.2) is 0 Å². The first-order valence-electron chi connectivity index (χ1n) is 6.09. The molecule has 1 aromatic carbocycles. The molecule has 0 unspecified atom stereocenters. The van der Waals surface area contributed by atoms with E-state index in [-0.39, 0.29) is 0 Å². The summed E-state index contributed by atoms with van der Waals surface area (Å²) in [6.45, 7) is 0.379. The minimum absolute atomic E-state index is 0.318. The van der Waals surface area contributed by atoms with E-state index in [1.165, 1.54) is 0 Å². The van der Waals surface area contributed by atoms with Gasteiger partial charge in [-0.25, -0.2) is 4.98 Å². The molecular weight excluding hydrogens is 274 g/mol. The molecule has 0 saturated carbocycles. The molecule has 0 N–H and O–H groups in total. The van der Waals surface area contributed by atoms with E-state index in [0.717, 1.165) is 17.0 Å². The van der Waals surface area contributed by atoms with Crippen LogP contribution in [0.1, 0.15) is 11.3 Å². The molecule has 0 amide bonds. The van der Waals surface area contributed by atoms with Gasteiger partial charge in [0.2, 0.25) is 5.88 Å². The number of hydrogen-bond acceptors (Lipinski definition) is 3. The lowest BCUT2D eigenvalue weighted by molar-refractivity contribution is 0.298. The first-order chi connectivity index (χ1) is 9.81. The SMILES string of the molecule is COc1cccc(COc2cccc(C#CCCl)c2)n1. The minimum Gasteiger partial charge on any atom is -0.487 e. The van der Waals surface area contributed by atoms with E-state index in [4.69, 9.17) is 21.1 Å². The Bertz CT molecular complexity index is 632. The molecule has 0 spiro atoms. The van der Waals surface area contributed by atoms with Crippen LogP contribution in [0.3, 0.4) is 0 Å². The molecule has 1 heterocycles. The standard InChI is InChI=1S/C16H14ClNO2/c1-19-16-9-3-7-14(18-16)12-20-15-8-2-5-13(11-15)6-4-10-17/h2-3,5,7-9,11H,10,12H2,1H3. The fraction of sp³-hybridized carbons (Fsp3) is 0.188. The van der Waals surface area contributed by atoms with Crippen LogP contribution in [0.25, 0.3) is 0 Å². The van der Waals surface area contributed by atoms with Crippen LogP contribution in [0.15, 0.2) is 42.5 Å². The number of aromatic nitrogens is 1. The quantitative estimate of drug-likeness (QED) is 0.639. The third-order valence-electron chi connectivity index (χ3n) is 2.51. The fourth-order valence-electron chi connectivity index (χ4n) is 1.61. The van der Waals surface area contributed by atoms with Crippen molar-refractivity contribution in [2.24, 2.45) is 0 Å². The normalized spacial score (nSPS) is 9.50. The Morgan fingerprint density at radius 2 is 2.05 bits per heavy atom. The molecule has 20 heavy (non-hydrogen) atoms. The molecule has 3 nitrogen and oxygen atoms in total. The second kappa shape index (κ2) is 7.42. The van der Waals surface area contributed by atoms with Crippen molar-refractivity contribution in [3.63, 3.8) is 0 Å². The van der Waals surface area contributed by atoms with Gasteiger partial charge in [0.1, 0.15) is 12.4 Å². The molecule has 102 valence electrons. The maximum Gasteiger partial charge on any atom is 0.213 e. The van der Waals surface area contributed by atoms with Gasteiger partial charge < -0.3 is 9.47 Å². The molecule has 0 fully saturated rings. The monoisotopic (exact) mass is 287 g/mol. The van der Waals surface area contributed by atoms with Crippen molar-refractivity contribution in [1.29, 1.82) is 0 Å². The van der Waals surface area contributed by atoms with Gasteiger partial charge in [-0.1, -0.05) is 24.0 Å². The smallest absolute Gasteiger partial charge is 0.213 e. The average Bonchev–Trinajstić information content (AvgIpc) is 2.51. The zero-order valence-corrected chi connectivity index (χ0v) is 11.9. The van der Waals surface area contributed by atoms with E-state index < -0.39 is 0 Å². The summed E-state index contributed by atoms with van der Waals surface area (Å²) >= 11 is 5.54. The summed E-state index contributed by atoms with van der Waals surface area (Å²) in [5.74, 6) is 7.41. The molecule has 0 saturated heterocycles. The third kappa shape index (κ3) is 4.18. The maximum absolute atomic E-state index is 5.69. The summed E-state index contributed by atoms with van der Waals surface area (Å²) in [6, 6.07) is 13.1. The van der Waals surface area contributed by atoms with Crippen LogP contribution in [0.2, 0.25) is 0 Å². The Balaban J connectivity index is 2.03. The number of pyridine rings is 1. The minimum atomic E-state index is 0.318. The van der Waals surface area contributed by atoms with E-state index in [1.54, 1.807) is 13.2 Å². The molecule has 0 aliphatic heterocycles. The summed E-state index contributed by atoms with van der Waals surface area (Å²) in [5, 5.41) is 0. The van der Waals surface area contributed by atoms with E-state index in [1.807, 2.05) is 36.4 Å². The van der Waals surface area contributed by atoms with Gasteiger partial charge in [0.25, 0.3) is 0 Å². The molecule has 0 atom stereocenters. The highest BCUT2D eigenvalue weighted by Gasteiger charge is 2.00. The van der Waals surface area contributed by atoms with Crippen LogP contribution >= 0.6 is 11.6 Å². The number of nitrogens with zero attached hydrogens (tertiary/aromatic N) is 1. The van der Waals surface area contributed by atoms with Gasteiger partial charge in [-0.15, -0.1) is 11.6 Å². The summed E-state index contributed by atoms with van der Waals surface area (Å²) in [7, 11) is 1.59. The van der Waals surface area contributed by atoms with Crippen molar-refractivity contribution >= 4 is 11.6 Å². The molecule has 4 heteroatoms. The lowest BCUT2D eigenvalue weighted by Crippen LogP contribution is -1.99. The highest BCUT2D eigenvalue weighted by Crippen LogP contribution is 2.15. The number of halogens is 1. The van der Waals surface area contributed by atoms with Gasteiger partial charge in [-0.05, 0) is 24.3 Å². The topological polar surface area (TPSA) is 31.4 Å². The average molecular weight is 288 g/mol. The molecule has 2 aromatic rings. The van der Waals surface area contributed by atoms with E-state index >= 15 is 0 Å². The fourth-order valence-corrected chi connectivity index (χ4v) is 1.67. The summed E-state index contributed by atoms with van der Waals surface area (Å²) in [5.41, 5.74) is 1.68. The lowest BCUT2D eigenvalue weighted by Gasteiger charge is -2.07. The van der Waals surface area contributed by atoms with Crippen molar-refractivity contribution in [3.05, 3.63) is 53.7 Å². The van der Waals surface area contributed by atoms with Crippen molar-refractivity contribution in [2.75, 3.05) is 13.0 Å². The second-order valence-electron chi connectivity index (χ2n) is 3.92. The second-order valence-corrected chi connectivity index (χ2v) is 4.19. The van der Waals surface area contributed by atoms with Crippen molar-refractivity contribution in [1.82, 2.24) is 4.98 Å². The molecular formula is C16H14ClNO2. The van der Waals surface area contributed by atoms with Crippen LogP contribution < -0.4 is 9.47 Å². The van der Waals surface area contributed by atoms with Gasteiger partial charge in [0, 0.05) is 11.6 Å². The Hall–Kier alpha value is -2.18. The predicted octanol–water partition coefficient (Wildman–Crippen LogP) is 3.26. The largest absolute Gasteiger partial charge is 0.487 e. The summed E-state index contributed by atoms with van der Waals surface area (Å²) in [6.07, 6.45) is 0. The number of methoxy groups -OCH3 is 1. The highest BCUT2D eigenvalue weighted by atomic mass is 35.5. The molecule has 0 aliphatic rings. The zero-order chi connectivity index (χ0) is 14.2. The predicted molar refractivity (Wildman–Crippen MR) is 79.2 cm³/mol. The summed E-state index contributed by atoms with van der Waals surface area (Å²) < 4.78 is 10.8. The number of ether oxygens (including phenoxy) is 2. The maximum atomic E-state index is 5.69. The van der Waals surface area contributed by atoms with E-state index in [9.17, 15) is 0 Å². The highest BCUT2D eigenvalue weighted by molar-refractivity contribution is 6.19. The molecule has 0 bridgehead atoms. The van der Waals surface area contributed by atoms with Gasteiger partial charge in [0.05, 0.1) is 18.7 Å². The lowest BCUT2D eigenvalue weighted by atomic mass is 10.2. The first kappa shape index (κ1) is 14.2. The Kier molecular flexibility index (Phi) is 5.28. The molecule has 0 aliphatic carbocycles. The van der Waals surface area contributed by atoms with Crippen molar-refractivity contribution < 1.29 is 9.47 Å². The number of benzene rings is 1. The van der Waals surface area contributed by atoms with Crippen molar-refractivity contribution in [2.45, 2.75) is 6.61 Å². The first-order valence-corrected chi connectivity index (χ1v) is 6.63. The third-order valence-corrected chi connectivity index (χ3v) is 2.64. The molecule has 2 rings (SSSR count). The van der Waals surface area contributed by atoms with Gasteiger partial charge in [-0.2, -0.15) is 0 Å². The van der Waals surface area contributed by atoms with Crippen LogP contribution in [-0.2, 0) is 6.61 Å². The van der Waals surface area contributed by atoms with Crippen LogP contribution in [0.5, 0.6) is 11.6 Å². The van der Waals surface area contributed by atoms with Gasteiger partial charge in [-0.3, -0.25) is 0 Å². The summed E-state index contributed by atoms with van der Waals surface area (Å²) in [4.78, 5) is 4.29. The van der Waals surface area contributed by atoms with Crippen LogP contribution in [-0.4, -0.2) is 18.0 Å². The Labute approximate surface area is 123 Å². The van der Waals surface area contributed by atoms with E-state index in [0.29, 0.717) is 18.4 Å². The molecule has 0 radical (unpaired) electrons. The van der Waals surface area contributed by atoms with Crippen LogP contribution in [0.4, 0.5) is 0 Å². The van der Waals surface area contributed by atoms with Crippen molar-refractivity contribution in [3.8, 4) is 23.5 Å². The van der Waals surface area contributed by atoms with Gasteiger partial charge >= 0.3 is 0 Å². The zero-order valence-electron chi connectivity index (χ0n) is 11.1. The number of hydrogen-bond donors (Lipinski definition) is 0. The molecule has 1 aromatic heterocycles. The van der Waals surface area contributed by atoms with Crippen LogP contribution in [0, 0.1) is 11.8 Å². The van der Waals surface area contributed by atoms with E-state index in [2.05, 4.69) is 16.8 Å². The Morgan fingerprint density at radius 3 is 2.85 bits per heavy atom. The number of alkyl halides is 1. The Morgan fingerprint density at radius 1 is 1.20 bits per heavy atom.